The van der Waals surface area contributed by atoms with Crippen molar-refractivity contribution in [2.24, 2.45) is 0 Å². The highest BCUT2D eigenvalue weighted by Gasteiger charge is 2.25. The van der Waals surface area contributed by atoms with Crippen LogP contribution in [0, 0.1) is 6.92 Å². The Morgan fingerprint density at radius 2 is 2.10 bits per heavy atom. The maximum atomic E-state index is 4.32. The fraction of sp³-hybridized carbons (Fsp3) is 0.467. The fourth-order valence-corrected chi connectivity index (χ4v) is 4.98. The summed E-state index contributed by atoms with van der Waals surface area (Å²) in [7, 11) is 0. The topological polar surface area (TPSA) is 29.0 Å². The van der Waals surface area contributed by atoms with Gasteiger partial charge in [0.05, 0.1) is 6.54 Å². The number of benzene rings is 1. The van der Waals surface area contributed by atoms with Gasteiger partial charge in [-0.2, -0.15) is 11.8 Å². The van der Waals surface area contributed by atoms with Crippen LogP contribution in [-0.2, 0) is 6.54 Å². The molecule has 3 nitrogen and oxygen atoms in total. The van der Waals surface area contributed by atoms with E-state index in [9.17, 15) is 0 Å². The molecule has 1 aromatic carbocycles. The lowest BCUT2D eigenvalue weighted by Crippen LogP contribution is -2.35. The largest absolute Gasteiger partial charge is 0.288 e. The second kappa shape index (κ2) is 7.13. The van der Waals surface area contributed by atoms with Gasteiger partial charge in [-0.15, -0.1) is 10.2 Å². The number of aryl methyl sites for hydroxylation is 1. The minimum absolute atomic E-state index is 0.492. The summed E-state index contributed by atoms with van der Waals surface area (Å²) in [5, 5.41) is 9.66. The van der Waals surface area contributed by atoms with E-state index in [2.05, 4.69) is 52.5 Å². The molecule has 0 bridgehead atoms. The van der Waals surface area contributed by atoms with Gasteiger partial charge in [0.1, 0.15) is 5.01 Å². The molecule has 1 aliphatic rings. The van der Waals surface area contributed by atoms with E-state index in [1.54, 1.807) is 23.1 Å². The van der Waals surface area contributed by atoms with Crippen molar-refractivity contribution in [3.05, 3.63) is 40.4 Å². The van der Waals surface area contributed by atoms with E-state index in [-0.39, 0.29) is 0 Å². The van der Waals surface area contributed by atoms with Crippen molar-refractivity contribution in [3.63, 3.8) is 0 Å². The zero-order chi connectivity index (χ0) is 14.7. The lowest BCUT2D eigenvalue weighted by Gasteiger charge is -2.35. The lowest BCUT2D eigenvalue weighted by atomic mass is 10.0. The Balaban J connectivity index is 1.76. The molecule has 0 radical (unpaired) electrons. The van der Waals surface area contributed by atoms with Gasteiger partial charge in [0.2, 0.25) is 0 Å². The van der Waals surface area contributed by atoms with Crippen molar-refractivity contribution in [2.45, 2.75) is 23.8 Å². The van der Waals surface area contributed by atoms with E-state index in [0.717, 1.165) is 28.2 Å². The highest BCUT2D eigenvalue weighted by atomic mass is 32.2. The molecule has 1 aromatic heterocycles. The standard InChI is InChI=1S/C15H19N3S3/c1-11-3-5-12(6-4-11)13-10-20-8-7-18(13)9-14-16-17-15(19-2)21-14/h3-6,13H,7-10H2,1-2H3/t13-/m0/s1. The van der Waals surface area contributed by atoms with E-state index in [1.807, 2.05) is 11.8 Å². The Labute approximate surface area is 138 Å². The average molecular weight is 338 g/mol. The second-order valence-corrected chi connectivity index (χ2v) is 8.40. The highest BCUT2D eigenvalue weighted by Crippen LogP contribution is 2.32. The van der Waals surface area contributed by atoms with Gasteiger partial charge < -0.3 is 0 Å². The molecule has 112 valence electrons. The number of nitrogens with zero attached hydrogens (tertiary/aromatic N) is 3. The zero-order valence-electron chi connectivity index (χ0n) is 12.3. The van der Waals surface area contributed by atoms with Crippen LogP contribution in [-0.4, -0.2) is 39.4 Å². The Kier molecular flexibility index (Phi) is 5.21. The van der Waals surface area contributed by atoms with Crippen LogP contribution in [0.4, 0.5) is 0 Å². The number of hydrogen-bond acceptors (Lipinski definition) is 6. The molecule has 21 heavy (non-hydrogen) atoms. The van der Waals surface area contributed by atoms with Gasteiger partial charge in [-0.05, 0) is 18.7 Å². The van der Waals surface area contributed by atoms with E-state index < -0.39 is 0 Å². The van der Waals surface area contributed by atoms with Crippen LogP contribution in [0.1, 0.15) is 22.2 Å². The molecular formula is C15H19N3S3. The Morgan fingerprint density at radius 3 is 2.81 bits per heavy atom. The highest BCUT2D eigenvalue weighted by molar-refractivity contribution is 8.00. The van der Waals surface area contributed by atoms with Gasteiger partial charge in [-0.1, -0.05) is 52.9 Å². The molecule has 1 atom stereocenters. The molecule has 0 unspecified atom stereocenters. The minimum atomic E-state index is 0.492. The molecule has 6 heteroatoms. The maximum absolute atomic E-state index is 4.32. The van der Waals surface area contributed by atoms with Crippen LogP contribution in [0.5, 0.6) is 0 Å². The number of aromatic nitrogens is 2. The van der Waals surface area contributed by atoms with Crippen LogP contribution in [0.15, 0.2) is 28.6 Å². The number of hydrogen-bond donors (Lipinski definition) is 0. The van der Waals surface area contributed by atoms with Crippen LogP contribution < -0.4 is 0 Å². The first-order valence-corrected chi connectivity index (χ1v) is 10.2. The van der Waals surface area contributed by atoms with Crippen LogP contribution in [0.25, 0.3) is 0 Å². The summed E-state index contributed by atoms with van der Waals surface area (Å²) < 4.78 is 1.06. The van der Waals surface area contributed by atoms with Crippen molar-refractivity contribution in [1.29, 1.82) is 0 Å². The van der Waals surface area contributed by atoms with E-state index in [0.29, 0.717) is 6.04 Å². The molecule has 2 heterocycles. The summed E-state index contributed by atoms with van der Waals surface area (Å²) in [6, 6.07) is 9.46. The van der Waals surface area contributed by atoms with Gasteiger partial charge in [0, 0.05) is 24.1 Å². The Hall–Kier alpha value is -0.560. The summed E-state index contributed by atoms with van der Waals surface area (Å²) in [5.74, 6) is 2.37. The molecule has 1 fully saturated rings. The summed E-state index contributed by atoms with van der Waals surface area (Å²) in [5.41, 5.74) is 2.74. The first kappa shape index (κ1) is 15.3. The molecule has 2 aromatic rings. The summed E-state index contributed by atoms with van der Waals surface area (Å²) in [4.78, 5) is 2.55. The van der Waals surface area contributed by atoms with E-state index >= 15 is 0 Å². The number of rotatable bonds is 4. The van der Waals surface area contributed by atoms with Crippen molar-refractivity contribution in [1.82, 2.24) is 15.1 Å². The van der Waals surface area contributed by atoms with Crippen LogP contribution in [0.2, 0.25) is 0 Å². The first-order chi connectivity index (χ1) is 10.3. The maximum Gasteiger partial charge on any atom is 0.174 e. The summed E-state index contributed by atoms with van der Waals surface area (Å²) >= 11 is 5.44. The molecule has 0 aliphatic carbocycles. The molecule has 1 aliphatic heterocycles. The number of thioether (sulfide) groups is 2. The van der Waals surface area contributed by atoms with Crippen molar-refractivity contribution < 1.29 is 0 Å². The minimum Gasteiger partial charge on any atom is -0.288 e. The monoisotopic (exact) mass is 337 g/mol. The van der Waals surface area contributed by atoms with Crippen LogP contribution >= 0.6 is 34.9 Å². The van der Waals surface area contributed by atoms with E-state index in [1.165, 1.54) is 16.9 Å². The van der Waals surface area contributed by atoms with E-state index in [4.69, 9.17) is 0 Å². The molecule has 1 saturated heterocycles. The lowest BCUT2D eigenvalue weighted by molar-refractivity contribution is 0.211. The predicted molar refractivity (Wildman–Crippen MR) is 93.3 cm³/mol. The molecule has 0 N–H and O–H groups in total. The molecule has 0 amide bonds. The smallest absolute Gasteiger partial charge is 0.174 e. The van der Waals surface area contributed by atoms with Gasteiger partial charge in [-0.3, -0.25) is 4.90 Å². The van der Waals surface area contributed by atoms with Gasteiger partial charge in [0.25, 0.3) is 0 Å². The summed E-state index contributed by atoms with van der Waals surface area (Å²) in [6.07, 6.45) is 2.05. The Morgan fingerprint density at radius 1 is 1.29 bits per heavy atom. The normalized spacial score (nSPS) is 19.8. The quantitative estimate of drug-likeness (QED) is 0.790. The van der Waals surface area contributed by atoms with Crippen LogP contribution in [0.3, 0.4) is 0 Å². The van der Waals surface area contributed by atoms with Gasteiger partial charge >= 0.3 is 0 Å². The van der Waals surface area contributed by atoms with Crippen molar-refractivity contribution in [3.8, 4) is 0 Å². The SMILES string of the molecule is CSc1nnc(CN2CCSC[C@H]2c2ccc(C)cc2)s1. The average Bonchev–Trinajstić information content (AvgIpc) is 2.96. The third kappa shape index (κ3) is 3.80. The summed E-state index contributed by atoms with van der Waals surface area (Å²) in [6.45, 7) is 4.18. The third-order valence-corrected chi connectivity index (χ3v) is 6.57. The predicted octanol–water partition coefficient (Wildman–Crippen LogP) is 3.86. The second-order valence-electron chi connectivity index (χ2n) is 5.14. The van der Waals surface area contributed by atoms with Gasteiger partial charge in [-0.25, -0.2) is 0 Å². The molecule has 0 saturated carbocycles. The molecular weight excluding hydrogens is 318 g/mol. The van der Waals surface area contributed by atoms with Crippen molar-refractivity contribution >= 4 is 34.9 Å². The van der Waals surface area contributed by atoms with Gasteiger partial charge in [0.15, 0.2) is 4.34 Å². The third-order valence-electron chi connectivity index (χ3n) is 3.66. The zero-order valence-corrected chi connectivity index (χ0v) is 14.7. The molecule has 3 rings (SSSR count). The Bertz CT molecular complexity index is 582. The van der Waals surface area contributed by atoms with Crippen molar-refractivity contribution in [2.75, 3.05) is 24.3 Å². The first-order valence-electron chi connectivity index (χ1n) is 7.01. The fourth-order valence-electron chi connectivity index (χ4n) is 2.48. The molecule has 0 spiro atoms.